The zero-order valence-corrected chi connectivity index (χ0v) is 21.2. The zero-order valence-electron chi connectivity index (χ0n) is 18.8. The predicted octanol–water partition coefficient (Wildman–Crippen LogP) is 7.17. The Morgan fingerprint density at radius 1 is 0.771 bits per heavy atom. The summed E-state index contributed by atoms with van der Waals surface area (Å²) in [5.41, 5.74) is 6.75. The molecule has 0 N–H and O–H groups in total. The quantitative estimate of drug-likeness (QED) is 0.191. The minimum Gasteiger partial charge on any atom is -0.499 e. The van der Waals surface area contributed by atoms with Crippen LogP contribution in [0, 0.1) is 30.4 Å². The summed E-state index contributed by atoms with van der Waals surface area (Å²) in [6.07, 6.45) is 3.57. The Balaban J connectivity index is 0.000000179. The predicted molar refractivity (Wildman–Crippen MR) is 134 cm³/mol. The normalized spacial score (nSPS) is 10.2. The van der Waals surface area contributed by atoms with Crippen LogP contribution in [0.4, 0.5) is 0 Å². The number of hydrogen-bond acceptors (Lipinski definition) is 4. The minimum absolute atomic E-state index is 0. The Bertz CT molecular complexity index is 1620. The van der Waals surface area contributed by atoms with Gasteiger partial charge in [0.25, 0.3) is 0 Å². The molecule has 0 unspecified atom stereocenters. The first kappa shape index (κ1) is 24.0. The van der Waals surface area contributed by atoms with Crippen molar-refractivity contribution in [2.24, 2.45) is 0 Å². The Hall–Kier alpha value is -4.10. The number of nitrogens with zero attached hydrogens (tertiary/aromatic N) is 3. The van der Waals surface area contributed by atoms with Gasteiger partial charge in [0.1, 0.15) is 11.7 Å². The molecule has 0 aliphatic heterocycles. The Labute approximate surface area is 217 Å². The maximum absolute atomic E-state index is 9.22. The van der Waals surface area contributed by atoms with E-state index in [0.717, 1.165) is 33.3 Å². The first-order valence-electron chi connectivity index (χ1n) is 10.8. The summed E-state index contributed by atoms with van der Waals surface area (Å²) in [6, 6.07) is 35.6. The second-order valence-corrected chi connectivity index (χ2v) is 7.70. The maximum Gasteiger partial charge on any atom is 0.138 e. The van der Waals surface area contributed by atoms with Gasteiger partial charge in [-0.25, -0.2) is 0 Å². The van der Waals surface area contributed by atoms with Gasteiger partial charge >= 0.3 is 0 Å². The van der Waals surface area contributed by atoms with Gasteiger partial charge in [0.2, 0.25) is 0 Å². The van der Waals surface area contributed by atoms with Crippen LogP contribution in [0.1, 0.15) is 11.1 Å². The Morgan fingerprint density at radius 2 is 1.60 bits per heavy atom. The van der Waals surface area contributed by atoms with E-state index in [1.807, 2.05) is 79.0 Å². The number of pyridine rings is 2. The molecule has 3 heterocycles. The molecule has 0 amide bonds. The molecule has 0 atom stereocenters. The van der Waals surface area contributed by atoms with Crippen LogP contribution in [-0.2, 0) is 20.1 Å². The molecule has 5 heteroatoms. The molecule has 6 rings (SSSR count). The topological polar surface area (TPSA) is 62.7 Å². The third-order valence-electron chi connectivity index (χ3n) is 5.40. The standard InChI is InChI=1S/C18H9N2O.C12H10N.Ir/c19-11-12-5-3-6-13-14-7-4-8-15(18(14)21-17(12)13)16-9-1-2-10-20-16;1-10-7-8-13-12(9-10)11-5-3-2-4-6-11;/h1-7,9-10H;2-5,7-9H,1H3;/q2*-1;. The van der Waals surface area contributed by atoms with Crippen LogP contribution in [0.3, 0.4) is 0 Å². The molecule has 0 fully saturated rings. The van der Waals surface area contributed by atoms with Crippen molar-refractivity contribution in [2.75, 3.05) is 0 Å². The molecule has 0 aliphatic rings. The van der Waals surface area contributed by atoms with Gasteiger partial charge in [0.05, 0.1) is 11.1 Å². The van der Waals surface area contributed by atoms with Gasteiger partial charge in [0.15, 0.2) is 0 Å². The second-order valence-electron chi connectivity index (χ2n) is 7.70. The molecule has 35 heavy (non-hydrogen) atoms. The van der Waals surface area contributed by atoms with Crippen molar-refractivity contribution in [1.82, 2.24) is 9.97 Å². The molecular weight excluding hydrogens is 611 g/mol. The zero-order chi connectivity index (χ0) is 23.3. The van der Waals surface area contributed by atoms with E-state index in [1.165, 1.54) is 5.56 Å². The van der Waals surface area contributed by atoms with Crippen molar-refractivity contribution < 1.29 is 24.5 Å². The number of hydrogen-bond donors (Lipinski definition) is 0. The summed E-state index contributed by atoms with van der Waals surface area (Å²) in [6.45, 7) is 2.06. The molecular formula is C30H19IrN3O-2. The molecule has 0 saturated carbocycles. The number of nitriles is 1. The van der Waals surface area contributed by atoms with Crippen LogP contribution < -0.4 is 0 Å². The molecule has 1 radical (unpaired) electrons. The fourth-order valence-corrected chi connectivity index (χ4v) is 3.79. The van der Waals surface area contributed by atoms with E-state index >= 15 is 0 Å². The van der Waals surface area contributed by atoms with Crippen LogP contribution >= 0.6 is 0 Å². The van der Waals surface area contributed by atoms with Gasteiger partial charge in [-0.15, -0.1) is 54.1 Å². The number of rotatable bonds is 2. The van der Waals surface area contributed by atoms with Crippen LogP contribution in [-0.4, -0.2) is 9.97 Å². The average molecular weight is 630 g/mol. The van der Waals surface area contributed by atoms with Gasteiger partial charge in [-0.3, -0.25) is 0 Å². The molecule has 3 aromatic carbocycles. The Morgan fingerprint density at radius 3 is 2.34 bits per heavy atom. The fraction of sp³-hybridized carbons (Fsp3) is 0.0333. The van der Waals surface area contributed by atoms with Gasteiger partial charge in [-0.2, -0.15) is 5.26 Å². The van der Waals surface area contributed by atoms with Crippen molar-refractivity contribution in [1.29, 1.82) is 5.26 Å². The molecule has 4 nitrogen and oxygen atoms in total. The number of benzene rings is 3. The first-order valence-corrected chi connectivity index (χ1v) is 10.8. The summed E-state index contributed by atoms with van der Waals surface area (Å²) in [4.78, 5) is 8.63. The van der Waals surface area contributed by atoms with E-state index in [1.54, 1.807) is 12.3 Å². The summed E-state index contributed by atoms with van der Waals surface area (Å²) in [7, 11) is 0. The van der Waals surface area contributed by atoms with Crippen molar-refractivity contribution in [2.45, 2.75) is 6.92 Å². The minimum atomic E-state index is 0. The molecule has 0 spiro atoms. The van der Waals surface area contributed by atoms with E-state index in [2.05, 4.69) is 41.2 Å². The molecule has 0 aliphatic carbocycles. The number of para-hydroxylation sites is 1. The van der Waals surface area contributed by atoms with Crippen molar-refractivity contribution in [3.8, 4) is 28.6 Å². The smallest absolute Gasteiger partial charge is 0.138 e. The van der Waals surface area contributed by atoms with Crippen molar-refractivity contribution >= 4 is 21.9 Å². The molecule has 171 valence electrons. The van der Waals surface area contributed by atoms with Crippen molar-refractivity contribution in [3.05, 3.63) is 121 Å². The summed E-state index contributed by atoms with van der Waals surface area (Å²) < 4.78 is 5.97. The van der Waals surface area contributed by atoms with Gasteiger partial charge in [0, 0.05) is 37.9 Å². The Kier molecular flexibility index (Phi) is 7.47. The number of fused-ring (bicyclic) bond motifs is 3. The number of furan rings is 1. The molecule has 0 bridgehead atoms. The van der Waals surface area contributed by atoms with Gasteiger partial charge < -0.3 is 14.4 Å². The van der Waals surface area contributed by atoms with Gasteiger partial charge in [-0.05, 0) is 36.5 Å². The van der Waals surface area contributed by atoms with Crippen LogP contribution in [0.5, 0.6) is 0 Å². The third-order valence-corrected chi connectivity index (χ3v) is 5.40. The number of aromatic nitrogens is 2. The molecule has 6 aromatic rings. The van der Waals surface area contributed by atoms with E-state index in [4.69, 9.17) is 4.42 Å². The SMILES string of the molecule is Cc1ccnc(-c2[c-]cccc2)c1.N#Cc1cccc2c1oc1c(-c3ccccn3)[c-]ccc12.[Ir]. The van der Waals surface area contributed by atoms with Crippen LogP contribution in [0.2, 0.25) is 0 Å². The monoisotopic (exact) mass is 630 g/mol. The van der Waals surface area contributed by atoms with Crippen LogP contribution in [0.15, 0.2) is 102 Å². The summed E-state index contributed by atoms with van der Waals surface area (Å²) in [5.74, 6) is 0. The van der Waals surface area contributed by atoms with E-state index in [-0.39, 0.29) is 20.1 Å². The molecule has 3 aromatic heterocycles. The number of aryl methyl sites for hydroxylation is 1. The fourth-order valence-electron chi connectivity index (χ4n) is 3.79. The molecule has 0 saturated heterocycles. The first-order chi connectivity index (χ1) is 16.7. The summed E-state index contributed by atoms with van der Waals surface area (Å²) >= 11 is 0. The van der Waals surface area contributed by atoms with Crippen LogP contribution in [0.25, 0.3) is 44.5 Å². The average Bonchev–Trinajstić information content (AvgIpc) is 3.29. The van der Waals surface area contributed by atoms with E-state index in [9.17, 15) is 5.26 Å². The van der Waals surface area contributed by atoms with Crippen molar-refractivity contribution in [3.63, 3.8) is 0 Å². The van der Waals surface area contributed by atoms with E-state index < -0.39 is 0 Å². The second kappa shape index (κ2) is 10.9. The van der Waals surface area contributed by atoms with Gasteiger partial charge in [-0.1, -0.05) is 46.8 Å². The third kappa shape index (κ3) is 5.05. The maximum atomic E-state index is 9.22. The largest absolute Gasteiger partial charge is 0.499 e. The summed E-state index contributed by atoms with van der Waals surface area (Å²) in [5, 5.41) is 11.1. The van der Waals surface area contributed by atoms with E-state index in [0.29, 0.717) is 16.7 Å².